The number of hydrogen-bond acceptors (Lipinski definition) is 4. The minimum absolute atomic E-state index is 0.0724. The van der Waals surface area contributed by atoms with Crippen molar-refractivity contribution in [3.63, 3.8) is 0 Å². The van der Waals surface area contributed by atoms with Crippen molar-refractivity contribution in [3.8, 4) is 28.0 Å². The molecule has 37 heavy (non-hydrogen) atoms. The lowest BCUT2D eigenvalue weighted by molar-refractivity contribution is -0.00821. The molecule has 4 rings (SSSR count). The Balaban J connectivity index is 1.78. The van der Waals surface area contributed by atoms with Crippen molar-refractivity contribution in [2.45, 2.75) is 51.4 Å². The zero-order chi connectivity index (χ0) is 26.8. The Morgan fingerprint density at radius 1 is 0.865 bits per heavy atom. The van der Waals surface area contributed by atoms with Crippen molar-refractivity contribution in [1.82, 2.24) is 0 Å². The number of carboxylic acids is 1. The molecule has 1 N–H and O–H groups in total. The highest BCUT2D eigenvalue weighted by Crippen LogP contribution is 2.47. The maximum Gasteiger partial charge on any atom is 0.337 e. The molecule has 1 aliphatic rings. The molecule has 0 saturated heterocycles. The standard InChI is InChI=1S/C31H35ClO5/c1-30(2)12-13-31(3,4)26-17-22(7-10-25(26)30)24-16-20(8-11-28(24)37-19-36-15-14-35-5)21-6-9-23(29(33)34)27(32)18-21/h6-11,16-18H,12-15,19H2,1-5H3,(H,33,34). The molecule has 1 aliphatic carbocycles. The van der Waals surface area contributed by atoms with E-state index in [2.05, 4.69) is 52.0 Å². The van der Waals surface area contributed by atoms with E-state index in [9.17, 15) is 9.90 Å². The van der Waals surface area contributed by atoms with E-state index in [-0.39, 0.29) is 28.2 Å². The molecule has 0 heterocycles. The van der Waals surface area contributed by atoms with E-state index in [1.165, 1.54) is 17.2 Å². The van der Waals surface area contributed by atoms with E-state index in [0.717, 1.165) is 35.1 Å². The summed E-state index contributed by atoms with van der Waals surface area (Å²) in [5, 5.41) is 9.55. The van der Waals surface area contributed by atoms with Crippen molar-refractivity contribution in [2.24, 2.45) is 0 Å². The predicted molar refractivity (Wildman–Crippen MR) is 148 cm³/mol. The van der Waals surface area contributed by atoms with Crippen LogP contribution in [0.2, 0.25) is 5.02 Å². The Kier molecular flexibility index (Phi) is 7.98. The third-order valence-electron chi connectivity index (χ3n) is 7.41. The fraction of sp³-hybridized carbons (Fsp3) is 0.387. The molecule has 5 nitrogen and oxygen atoms in total. The molecular weight excluding hydrogens is 488 g/mol. The monoisotopic (exact) mass is 522 g/mol. The minimum atomic E-state index is -1.05. The fourth-order valence-electron chi connectivity index (χ4n) is 4.99. The number of hydrogen-bond donors (Lipinski definition) is 1. The van der Waals surface area contributed by atoms with E-state index in [4.69, 9.17) is 25.8 Å². The van der Waals surface area contributed by atoms with Gasteiger partial charge in [0.05, 0.1) is 23.8 Å². The molecule has 0 spiro atoms. The van der Waals surface area contributed by atoms with Gasteiger partial charge in [0.15, 0.2) is 6.79 Å². The number of benzene rings is 3. The van der Waals surface area contributed by atoms with Gasteiger partial charge in [-0.15, -0.1) is 0 Å². The van der Waals surface area contributed by atoms with Gasteiger partial charge in [0.25, 0.3) is 0 Å². The average Bonchev–Trinajstić information content (AvgIpc) is 2.86. The number of carboxylic acid groups (broad SMARTS) is 1. The Hall–Kier alpha value is -2.86. The van der Waals surface area contributed by atoms with Crippen molar-refractivity contribution < 1.29 is 24.1 Å². The van der Waals surface area contributed by atoms with Crippen LogP contribution in [-0.4, -0.2) is 38.2 Å². The van der Waals surface area contributed by atoms with E-state index >= 15 is 0 Å². The van der Waals surface area contributed by atoms with Crippen LogP contribution < -0.4 is 4.74 Å². The lowest BCUT2D eigenvalue weighted by Crippen LogP contribution is -2.33. The van der Waals surface area contributed by atoms with Crippen LogP contribution in [0.25, 0.3) is 22.3 Å². The first-order valence-corrected chi connectivity index (χ1v) is 12.9. The van der Waals surface area contributed by atoms with Crippen LogP contribution in [0.5, 0.6) is 5.75 Å². The van der Waals surface area contributed by atoms with E-state index in [0.29, 0.717) is 19.0 Å². The Labute approximate surface area is 224 Å². The van der Waals surface area contributed by atoms with E-state index < -0.39 is 5.97 Å². The van der Waals surface area contributed by atoms with Crippen LogP contribution >= 0.6 is 11.6 Å². The highest BCUT2D eigenvalue weighted by molar-refractivity contribution is 6.33. The minimum Gasteiger partial charge on any atom is -0.478 e. The predicted octanol–water partition coefficient (Wildman–Crippen LogP) is 7.72. The summed E-state index contributed by atoms with van der Waals surface area (Å²) in [4.78, 5) is 11.4. The third-order valence-corrected chi connectivity index (χ3v) is 7.72. The van der Waals surface area contributed by atoms with Gasteiger partial charge in [0, 0.05) is 12.7 Å². The van der Waals surface area contributed by atoms with Gasteiger partial charge < -0.3 is 19.3 Å². The van der Waals surface area contributed by atoms with Crippen molar-refractivity contribution >= 4 is 17.6 Å². The summed E-state index contributed by atoms with van der Waals surface area (Å²) in [6.07, 6.45) is 2.28. The van der Waals surface area contributed by atoms with Gasteiger partial charge in [-0.25, -0.2) is 4.79 Å². The number of halogens is 1. The van der Waals surface area contributed by atoms with Gasteiger partial charge in [-0.1, -0.05) is 69.6 Å². The zero-order valence-corrected chi connectivity index (χ0v) is 22.9. The summed E-state index contributed by atoms with van der Waals surface area (Å²) < 4.78 is 16.7. The van der Waals surface area contributed by atoms with Gasteiger partial charge in [-0.05, 0) is 75.8 Å². The van der Waals surface area contributed by atoms with Crippen LogP contribution in [0.4, 0.5) is 0 Å². The summed E-state index contributed by atoms with van der Waals surface area (Å²) in [6, 6.07) is 17.7. The van der Waals surface area contributed by atoms with Crippen LogP contribution in [0.1, 0.15) is 62.0 Å². The first-order chi connectivity index (χ1) is 17.5. The smallest absolute Gasteiger partial charge is 0.337 e. The largest absolute Gasteiger partial charge is 0.478 e. The molecule has 0 aliphatic heterocycles. The number of rotatable bonds is 9. The molecule has 0 amide bonds. The molecule has 0 aromatic heterocycles. The number of ether oxygens (including phenoxy) is 3. The summed E-state index contributed by atoms with van der Waals surface area (Å²) in [6.45, 7) is 10.3. The second kappa shape index (κ2) is 10.9. The number of fused-ring (bicyclic) bond motifs is 1. The molecule has 196 valence electrons. The van der Waals surface area contributed by atoms with Crippen LogP contribution in [-0.2, 0) is 20.3 Å². The Morgan fingerprint density at radius 3 is 2.19 bits per heavy atom. The molecule has 3 aromatic carbocycles. The number of aromatic carboxylic acids is 1. The Morgan fingerprint density at radius 2 is 1.51 bits per heavy atom. The SMILES string of the molecule is COCCOCOc1ccc(-c2ccc(C(=O)O)c(Cl)c2)cc1-c1ccc2c(c1)C(C)(C)CCC2(C)C. The summed E-state index contributed by atoms with van der Waals surface area (Å²) in [7, 11) is 1.63. The number of carbonyl (C=O) groups is 1. The molecule has 0 saturated carbocycles. The lowest BCUT2D eigenvalue weighted by Gasteiger charge is -2.42. The highest BCUT2D eigenvalue weighted by Gasteiger charge is 2.37. The molecule has 3 aromatic rings. The zero-order valence-electron chi connectivity index (χ0n) is 22.2. The molecule has 0 radical (unpaired) electrons. The van der Waals surface area contributed by atoms with Gasteiger partial charge in [-0.3, -0.25) is 0 Å². The summed E-state index contributed by atoms with van der Waals surface area (Å²) >= 11 is 6.28. The lowest BCUT2D eigenvalue weighted by atomic mass is 9.63. The van der Waals surface area contributed by atoms with Crippen LogP contribution in [0, 0.1) is 0 Å². The maximum atomic E-state index is 11.4. The van der Waals surface area contributed by atoms with Crippen molar-refractivity contribution in [1.29, 1.82) is 0 Å². The quantitative estimate of drug-likeness (QED) is 0.230. The van der Waals surface area contributed by atoms with Crippen LogP contribution in [0.15, 0.2) is 54.6 Å². The van der Waals surface area contributed by atoms with E-state index in [1.54, 1.807) is 19.2 Å². The van der Waals surface area contributed by atoms with Gasteiger partial charge in [0.2, 0.25) is 0 Å². The summed E-state index contributed by atoms with van der Waals surface area (Å²) in [5.74, 6) is -0.337. The normalized spacial score (nSPS) is 15.7. The maximum absolute atomic E-state index is 11.4. The molecular formula is C31H35ClO5. The molecule has 0 fully saturated rings. The fourth-order valence-corrected chi connectivity index (χ4v) is 5.25. The average molecular weight is 523 g/mol. The molecule has 0 bridgehead atoms. The highest BCUT2D eigenvalue weighted by atomic mass is 35.5. The second-order valence-corrected chi connectivity index (χ2v) is 11.3. The molecule has 6 heteroatoms. The van der Waals surface area contributed by atoms with Crippen LogP contribution in [0.3, 0.4) is 0 Å². The van der Waals surface area contributed by atoms with E-state index in [1.807, 2.05) is 12.1 Å². The van der Waals surface area contributed by atoms with Crippen molar-refractivity contribution in [3.05, 3.63) is 76.3 Å². The topological polar surface area (TPSA) is 65.0 Å². The van der Waals surface area contributed by atoms with Crippen molar-refractivity contribution in [2.75, 3.05) is 27.1 Å². The molecule has 0 atom stereocenters. The first kappa shape index (κ1) is 27.2. The number of methoxy groups -OCH3 is 1. The van der Waals surface area contributed by atoms with Gasteiger partial charge >= 0.3 is 5.97 Å². The van der Waals surface area contributed by atoms with Gasteiger partial charge in [-0.2, -0.15) is 0 Å². The molecule has 0 unspecified atom stereocenters. The summed E-state index contributed by atoms with van der Waals surface area (Å²) in [5.41, 5.74) is 6.79. The first-order valence-electron chi connectivity index (χ1n) is 12.6. The Bertz CT molecular complexity index is 1290. The second-order valence-electron chi connectivity index (χ2n) is 10.9. The van der Waals surface area contributed by atoms with Gasteiger partial charge in [0.1, 0.15) is 5.75 Å². The third kappa shape index (κ3) is 5.85.